The largest absolute Gasteiger partial charge is 0.393 e. The molecule has 1 aromatic carbocycles. The highest BCUT2D eigenvalue weighted by Gasteiger charge is 2.22. The average Bonchev–Trinajstić information content (AvgIpc) is 2.62. The van der Waals surface area contributed by atoms with Gasteiger partial charge in [-0.25, -0.2) is 8.42 Å². The summed E-state index contributed by atoms with van der Waals surface area (Å²) >= 11 is 0. The number of primary amides is 1. The van der Waals surface area contributed by atoms with Crippen LogP contribution in [0.5, 0.6) is 0 Å². The number of aromatic nitrogens is 2. The molecule has 1 fully saturated rings. The van der Waals surface area contributed by atoms with Gasteiger partial charge in [0.15, 0.2) is 15.7 Å². The number of aliphatic hydroxyl groups is 1. The highest BCUT2D eigenvalue weighted by molar-refractivity contribution is 7.90. The Bertz CT molecular complexity index is 1070. The molecule has 0 spiro atoms. The van der Waals surface area contributed by atoms with Crippen LogP contribution in [0.2, 0.25) is 0 Å². The Morgan fingerprint density at radius 3 is 2.59 bits per heavy atom. The van der Waals surface area contributed by atoms with E-state index in [1.165, 1.54) is 18.2 Å². The standard InChI is InChI=1S/C18H23N5O5S/c1-29(27,28)13-4-2-3-11(9-13)20-16-14(15(19)25)17(26)23-18(22-16)21-10-5-7-12(24)8-6-10/h2-4,9-10,12,24H,5-8H2,1H3,(H2,19,25)(H3,20,21,22,23,26)/t10-,12-. The number of rotatable bonds is 6. The molecular formula is C18H23N5O5S. The zero-order valence-electron chi connectivity index (χ0n) is 15.8. The minimum Gasteiger partial charge on any atom is -0.393 e. The van der Waals surface area contributed by atoms with Crippen molar-refractivity contribution in [2.24, 2.45) is 5.73 Å². The number of anilines is 3. The number of benzene rings is 1. The molecule has 156 valence electrons. The molecule has 1 aliphatic carbocycles. The normalized spacial score (nSPS) is 19.5. The Morgan fingerprint density at radius 2 is 1.97 bits per heavy atom. The van der Waals surface area contributed by atoms with Crippen molar-refractivity contribution in [3.05, 3.63) is 40.2 Å². The Morgan fingerprint density at radius 1 is 1.28 bits per heavy atom. The number of nitrogens with two attached hydrogens (primary N) is 1. The Hall–Kier alpha value is -2.92. The molecule has 29 heavy (non-hydrogen) atoms. The average molecular weight is 421 g/mol. The molecule has 0 aliphatic heterocycles. The highest BCUT2D eigenvalue weighted by Crippen LogP contribution is 2.23. The second-order valence-electron chi connectivity index (χ2n) is 7.08. The molecule has 0 unspecified atom stereocenters. The van der Waals surface area contributed by atoms with Gasteiger partial charge in [-0.1, -0.05) is 6.07 Å². The van der Waals surface area contributed by atoms with E-state index in [1.807, 2.05) is 0 Å². The van der Waals surface area contributed by atoms with Gasteiger partial charge < -0.3 is 21.5 Å². The number of hydrogen-bond acceptors (Lipinski definition) is 8. The predicted molar refractivity (Wildman–Crippen MR) is 108 cm³/mol. The first kappa shape index (κ1) is 20.8. The lowest BCUT2D eigenvalue weighted by Crippen LogP contribution is -2.32. The van der Waals surface area contributed by atoms with E-state index >= 15 is 0 Å². The van der Waals surface area contributed by atoms with Crippen molar-refractivity contribution in [2.45, 2.75) is 42.7 Å². The second kappa shape index (κ2) is 8.21. The fraction of sp³-hybridized carbons (Fsp3) is 0.389. The maximum absolute atomic E-state index is 12.4. The van der Waals surface area contributed by atoms with Crippen LogP contribution >= 0.6 is 0 Å². The van der Waals surface area contributed by atoms with E-state index in [0.29, 0.717) is 31.4 Å². The van der Waals surface area contributed by atoms with E-state index in [4.69, 9.17) is 5.73 Å². The van der Waals surface area contributed by atoms with Crippen molar-refractivity contribution in [2.75, 3.05) is 16.9 Å². The van der Waals surface area contributed by atoms with E-state index in [9.17, 15) is 23.1 Å². The van der Waals surface area contributed by atoms with Gasteiger partial charge in [0, 0.05) is 18.0 Å². The number of nitrogens with one attached hydrogen (secondary N) is 3. The molecular weight excluding hydrogens is 398 g/mol. The third-order valence-electron chi connectivity index (χ3n) is 4.73. The van der Waals surface area contributed by atoms with Crippen LogP contribution in [0.25, 0.3) is 0 Å². The number of aromatic amines is 1. The summed E-state index contributed by atoms with van der Waals surface area (Å²) in [6, 6.07) is 5.94. The van der Waals surface area contributed by atoms with Crippen molar-refractivity contribution in [1.82, 2.24) is 9.97 Å². The maximum atomic E-state index is 12.4. The summed E-state index contributed by atoms with van der Waals surface area (Å²) in [6.45, 7) is 0. The van der Waals surface area contributed by atoms with Gasteiger partial charge in [-0.15, -0.1) is 0 Å². The molecule has 0 bridgehead atoms. The molecule has 6 N–H and O–H groups in total. The van der Waals surface area contributed by atoms with Gasteiger partial charge in [-0.05, 0) is 43.9 Å². The van der Waals surface area contributed by atoms with Crippen LogP contribution < -0.4 is 21.9 Å². The summed E-state index contributed by atoms with van der Waals surface area (Å²) in [4.78, 5) is 31.0. The fourth-order valence-corrected chi connectivity index (χ4v) is 3.88. The topological polar surface area (TPSA) is 167 Å². The monoisotopic (exact) mass is 421 g/mol. The van der Waals surface area contributed by atoms with Crippen molar-refractivity contribution < 1.29 is 18.3 Å². The lowest BCUT2D eigenvalue weighted by molar-refractivity contribution is 0.0999. The SMILES string of the molecule is CS(=O)(=O)c1cccc(Nc2nc(N[C@H]3CC[C@H](O)CC3)[nH]c(=O)c2C(N)=O)c1. The summed E-state index contributed by atoms with van der Waals surface area (Å²) in [5.41, 5.74) is 4.59. The quantitative estimate of drug-likeness (QED) is 0.455. The van der Waals surface area contributed by atoms with Gasteiger partial charge in [-0.2, -0.15) is 4.98 Å². The molecule has 10 nitrogen and oxygen atoms in total. The molecule has 0 radical (unpaired) electrons. The molecule has 1 aromatic heterocycles. The number of H-pyrrole nitrogens is 1. The van der Waals surface area contributed by atoms with E-state index in [2.05, 4.69) is 20.6 Å². The smallest absolute Gasteiger partial charge is 0.267 e. The van der Waals surface area contributed by atoms with Crippen molar-refractivity contribution in [3.63, 3.8) is 0 Å². The van der Waals surface area contributed by atoms with Crippen LogP contribution in [0.3, 0.4) is 0 Å². The Kier molecular flexibility index (Phi) is 5.89. The number of carbonyl (C=O) groups excluding carboxylic acids is 1. The van der Waals surface area contributed by atoms with Gasteiger partial charge in [0.25, 0.3) is 11.5 Å². The number of aliphatic hydroxyl groups excluding tert-OH is 1. The van der Waals surface area contributed by atoms with Gasteiger partial charge in [-0.3, -0.25) is 14.6 Å². The Labute approximate surface area is 167 Å². The number of amides is 1. The molecule has 1 amide bonds. The molecule has 1 saturated carbocycles. The third-order valence-corrected chi connectivity index (χ3v) is 5.84. The van der Waals surface area contributed by atoms with Crippen LogP contribution in [-0.2, 0) is 9.84 Å². The summed E-state index contributed by atoms with van der Waals surface area (Å²) < 4.78 is 23.5. The number of hydrogen-bond donors (Lipinski definition) is 5. The summed E-state index contributed by atoms with van der Waals surface area (Å²) in [5.74, 6) is -0.888. The number of sulfone groups is 1. The summed E-state index contributed by atoms with van der Waals surface area (Å²) in [7, 11) is -3.44. The predicted octanol–water partition coefficient (Wildman–Crippen LogP) is 0.731. The van der Waals surface area contributed by atoms with Gasteiger partial charge in [0.05, 0.1) is 11.0 Å². The van der Waals surface area contributed by atoms with Gasteiger partial charge >= 0.3 is 0 Å². The van der Waals surface area contributed by atoms with E-state index in [0.717, 1.165) is 6.26 Å². The number of carbonyl (C=O) groups is 1. The molecule has 1 heterocycles. The van der Waals surface area contributed by atoms with Gasteiger partial charge in [0.2, 0.25) is 5.95 Å². The maximum Gasteiger partial charge on any atom is 0.267 e. The van der Waals surface area contributed by atoms with Crippen molar-refractivity contribution in [3.8, 4) is 0 Å². The summed E-state index contributed by atoms with van der Waals surface area (Å²) in [6.07, 6.45) is 3.46. The molecule has 0 atom stereocenters. The Balaban J connectivity index is 1.93. The van der Waals surface area contributed by atoms with E-state index < -0.39 is 21.3 Å². The minimum absolute atomic E-state index is 0.0161. The first-order chi connectivity index (χ1) is 13.6. The summed E-state index contributed by atoms with van der Waals surface area (Å²) in [5, 5.41) is 15.5. The van der Waals surface area contributed by atoms with Crippen LogP contribution in [-0.4, -0.2) is 47.8 Å². The van der Waals surface area contributed by atoms with Crippen LogP contribution in [0, 0.1) is 0 Å². The zero-order valence-corrected chi connectivity index (χ0v) is 16.6. The van der Waals surface area contributed by atoms with Crippen molar-refractivity contribution in [1.29, 1.82) is 0 Å². The van der Waals surface area contributed by atoms with Gasteiger partial charge in [0.1, 0.15) is 5.56 Å². The second-order valence-corrected chi connectivity index (χ2v) is 9.09. The molecule has 11 heteroatoms. The molecule has 0 saturated heterocycles. The lowest BCUT2D eigenvalue weighted by Gasteiger charge is -2.26. The van der Waals surface area contributed by atoms with Crippen LogP contribution in [0.4, 0.5) is 17.5 Å². The molecule has 1 aliphatic rings. The number of nitrogens with zero attached hydrogens (tertiary/aromatic N) is 1. The molecule has 2 aromatic rings. The third kappa shape index (κ3) is 5.12. The van der Waals surface area contributed by atoms with E-state index in [1.54, 1.807) is 6.07 Å². The van der Waals surface area contributed by atoms with E-state index in [-0.39, 0.29) is 34.4 Å². The fourth-order valence-electron chi connectivity index (χ4n) is 3.22. The zero-order chi connectivity index (χ0) is 21.2. The van der Waals surface area contributed by atoms with Crippen molar-refractivity contribution >= 4 is 33.2 Å². The first-order valence-corrected chi connectivity index (χ1v) is 11.0. The molecule has 3 rings (SSSR count). The minimum atomic E-state index is -3.44. The lowest BCUT2D eigenvalue weighted by atomic mass is 9.93. The highest BCUT2D eigenvalue weighted by atomic mass is 32.2. The van der Waals surface area contributed by atoms with Crippen LogP contribution in [0.15, 0.2) is 34.0 Å². The first-order valence-electron chi connectivity index (χ1n) is 9.09. The van der Waals surface area contributed by atoms with Crippen LogP contribution in [0.1, 0.15) is 36.0 Å².